The van der Waals surface area contributed by atoms with Crippen LogP contribution in [-0.2, 0) is 6.54 Å². The molecule has 7 heteroatoms. The lowest BCUT2D eigenvalue weighted by atomic mass is 10.2. The summed E-state index contributed by atoms with van der Waals surface area (Å²) in [6, 6.07) is 3.26. The van der Waals surface area contributed by atoms with Crippen LogP contribution in [0.4, 0.5) is 19.0 Å². The van der Waals surface area contributed by atoms with Crippen molar-refractivity contribution in [1.29, 1.82) is 0 Å². The van der Waals surface area contributed by atoms with E-state index in [-0.39, 0.29) is 0 Å². The van der Waals surface area contributed by atoms with Crippen LogP contribution in [0.5, 0.6) is 0 Å². The maximum absolute atomic E-state index is 12.1. The first-order valence-electron chi connectivity index (χ1n) is 4.75. The van der Waals surface area contributed by atoms with E-state index < -0.39 is 12.7 Å². The van der Waals surface area contributed by atoms with E-state index in [2.05, 4.69) is 10.1 Å². The van der Waals surface area contributed by atoms with Crippen LogP contribution in [0.25, 0.3) is 11.1 Å². The standard InChI is InChI=1S/C10H9F3N4/c11-10(12,13)6-17-5-8(4-16-17)7-1-2-9(14)15-3-7/h1-5H,6H2,(H2,14,15). The van der Waals surface area contributed by atoms with Crippen molar-refractivity contribution < 1.29 is 13.2 Å². The molecule has 4 nitrogen and oxygen atoms in total. The predicted octanol–water partition coefficient (Wildman–Crippen LogP) is 2.09. The van der Waals surface area contributed by atoms with Gasteiger partial charge in [0.15, 0.2) is 0 Å². The van der Waals surface area contributed by atoms with E-state index in [1.165, 1.54) is 18.6 Å². The highest BCUT2D eigenvalue weighted by Gasteiger charge is 2.28. The zero-order valence-corrected chi connectivity index (χ0v) is 8.65. The fourth-order valence-electron chi connectivity index (χ4n) is 1.36. The molecule has 2 heterocycles. The Morgan fingerprint density at radius 1 is 1.18 bits per heavy atom. The third-order valence-corrected chi connectivity index (χ3v) is 2.09. The maximum Gasteiger partial charge on any atom is 0.408 e. The Bertz CT molecular complexity index is 501. The molecule has 0 atom stereocenters. The van der Waals surface area contributed by atoms with E-state index >= 15 is 0 Å². The third-order valence-electron chi connectivity index (χ3n) is 2.09. The van der Waals surface area contributed by atoms with E-state index in [0.717, 1.165) is 4.68 Å². The lowest BCUT2D eigenvalue weighted by Gasteiger charge is -2.05. The summed E-state index contributed by atoms with van der Waals surface area (Å²) in [4.78, 5) is 3.86. The van der Waals surface area contributed by atoms with Gasteiger partial charge in [0.2, 0.25) is 0 Å². The van der Waals surface area contributed by atoms with Crippen LogP contribution in [0.1, 0.15) is 0 Å². The monoisotopic (exact) mass is 242 g/mol. The molecule has 0 radical (unpaired) electrons. The van der Waals surface area contributed by atoms with Crippen molar-refractivity contribution in [2.45, 2.75) is 12.7 Å². The molecule has 0 aliphatic rings. The number of nitrogens with zero attached hydrogens (tertiary/aromatic N) is 3. The maximum atomic E-state index is 12.1. The van der Waals surface area contributed by atoms with Crippen LogP contribution < -0.4 is 5.73 Å². The van der Waals surface area contributed by atoms with Crippen molar-refractivity contribution >= 4 is 5.82 Å². The number of pyridine rings is 1. The van der Waals surface area contributed by atoms with Gasteiger partial charge >= 0.3 is 6.18 Å². The number of nitrogen functional groups attached to an aromatic ring is 1. The molecule has 0 aromatic carbocycles. The Kier molecular flexibility index (Phi) is 2.74. The van der Waals surface area contributed by atoms with Gasteiger partial charge in [-0.1, -0.05) is 0 Å². The highest BCUT2D eigenvalue weighted by molar-refractivity contribution is 5.61. The summed E-state index contributed by atoms with van der Waals surface area (Å²) >= 11 is 0. The molecular weight excluding hydrogens is 233 g/mol. The normalized spacial score (nSPS) is 11.7. The number of hydrogen-bond acceptors (Lipinski definition) is 3. The first kappa shape index (κ1) is 11.4. The van der Waals surface area contributed by atoms with Crippen molar-refractivity contribution in [1.82, 2.24) is 14.8 Å². The minimum atomic E-state index is -4.28. The molecule has 2 N–H and O–H groups in total. The summed E-state index contributed by atoms with van der Waals surface area (Å²) in [5.74, 6) is 0.358. The van der Waals surface area contributed by atoms with Crippen LogP contribution in [0, 0.1) is 0 Å². The van der Waals surface area contributed by atoms with Gasteiger partial charge in [-0.15, -0.1) is 0 Å². The minimum Gasteiger partial charge on any atom is -0.384 e. The van der Waals surface area contributed by atoms with Crippen LogP contribution in [-0.4, -0.2) is 20.9 Å². The van der Waals surface area contributed by atoms with Crippen LogP contribution in [0.3, 0.4) is 0 Å². The Hall–Kier alpha value is -2.05. The predicted molar refractivity (Wildman–Crippen MR) is 55.9 cm³/mol. The summed E-state index contributed by atoms with van der Waals surface area (Å²) in [7, 11) is 0. The van der Waals surface area contributed by atoms with Gasteiger partial charge in [-0.25, -0.2) is 4.98 Å². The minimum absolute atomic E-state index is 0.358. The van der Waals surface area contributed by atoms with E-state index in [9.17, 15) is 13.2 Å². The zero-order chi connectivity index (χ0) is 12.5. The van der Waals surface area contributed by atoms with Gasteiger partial charge in [-0.05, 0) is 12.1 Å². The summed E-state index contributed by atoms with van der Waals surface area (Å²) in [6.07, 6.45) is -0.105. The van der Waals surface area contributed by atoms with Crippen LogP contribution in [0.2, 0.25) is 0 Å². The first-order chi connectivity index (χ1) is 7.94. The quantitative estimate of drug-likeness (QED) is 0.877. The highest BCUT2D eigenvalue weighted by Crippen LogP contribution is 2.21. The summed E-state index contributed by atoms with van der Waals surface area (Å²) in [5, 5.41) is 3.64. The molecule has 2 aromatic rings. The third kappa shape index (κ3) is 2.96. The molecule has 0 fully saturated rings. The van der Waals surface area contributed by atoms with Gasteiger partial charge in [-0.2, -0.15) is 18.3 Å². The van der Waals surface area contributed by atoms with E-state index in [1.54, 1.807) is 12.1 Å². The Labute approximate surface area is 94.9 Å². The second kappa shape index (κ2) is 4.08. The average molecular weight is 242 g/mol. The topological polar surface area (TPSA) is 56.7 Å². The fourth-order valence-corrected chi connectivity index (χ4v) is 1.36. The molecule has 0 bridgehead atoms. The molecule has 2 rings (SSSR count). The van der Waals surface area contributed by atoms with Crippen molar-refractivity contribution in [3.63, 3.8) is 0 Å². The van der Waals surface area contributed by atoms with Crippen LogP contribution in [0.15, 0.2) is 30.7 Å². The van der Waals surface area contributed by atoms with Gasteiger partial charge in [0.05, 0.1) is 6.20 Å². The van der Waals surface area contributed by atoms with Gasteiger partial charge < -0.3 is 5.73 Å². The zero-order valence-electron chi connectivity index (χ0n) is 8.65. The Balaban J connectivity index is 2.21. The number of anilines is 1. The van der Waals surface area contributed by atoms with E-state index in [1.807, 2.05) is 0 Å². The molecule has 0 amide bonds. The SMILES string of the molecule is Nc1ccc(-c2cnn(CC(F)(F)F)c2)cn1. The molecule has 0 spiro atoms. The largest absolute Gasteiger partial charge is 0.408 e. The van der Waals surface area contributed by atoms with Crippen molar-refractivity contribution in [3.05, 3.63) is 30.7 Å². The molecule has 0 aliphatic carbocycles. The lowest BCUT2D eigenvalue weighted by Crippen LogP contribution is -2.17. The number of hydrogen-bond donors (Lipinski definition) is 1. The Morgan fingerprint density at radius 3 is 2.53 bits per heavy atom. The molecule has 90 valence electrons. The molecule has 17 heavy (non-hydrogen) atoms. The second-order valence-corrected chi connectivity index (χ2v) is 3.51. The van der Waals surface area contributed by atoms with Crippen molar-refractivity contribution in [2.24, 2.45) is 0 Å². The molecular formula is C10H9F3N4. The number of alkyl halides is 3. The average Bonchev–Trinajstić information content (AvgIpc) is 2.64. The summed E-state index contributed by atoms with van der Waals surface area (Å²) < 4.78 is 37.2. The number of aromatic nitrogens is 3. The number of nitrogens with two attached hydrogens (primary N) is 1. The fraction of sp³-hybridized carbons (Fsp3) is 0.200. The van der Waals surface area contributed by atoms with Gasteiger partial charge in [0.1, 0.15) is 12.4 Å². The highest BCUT2D eigenvalue weighted by atomic mass is 19.4. The van der Waals surface area contributed by atoms with Gasteiger partial charge in [-0.3, -0.25) is 4.68 Å². The lowest BCUT2D eigenvalue weighted by molar-refractivity contribution is -0.142. The molecule has 0 unspecified atom stereocenters. The summed E-state index contributed by atoms with van der Waals surface area (Å²) in [6.45, 7) is -1.10. The molecule has 0 saturated carbocycles. The number of halogens is 3. The van der Waals surface area contributed by atoms with Gasteiger partial charge in [0.25, 0.3) is 0 Å². The first-order valence-corrected chi connectivity index (χ1v) is 4.75. The second-order valence-electron chi connectivity index (χ2n) is 3.51. The van der Waals surface area contributed by atoms with Crippen LogP contribution >= 0.6 is 0 Å². The molecule has 2 aromatic heterocycles. The number of rotatable bonds is 2. The van der Waals surface area contributed by atoms with Crippen molar-refractivity contribution in [3.8, 4) is 11.1 Å². The van der Waals surface area contributed by atoms with Crippen molar-refractivity contribution in [2.75, 3.05) is 5.73 Å². The van der Waals surface area contributed by atoms with E-state index in [4.69, 9.17) is 5.73 Å². The Morgan fingerprint density at radius 2 is 1.94 bits per heavy atom. The summed E-state index contributed by atoms with van der Waals surface area (Å²) in [5.41, 5.74) is 6.66. The van der Waals surface area contributed by atoms with Gasteiger partial charge in [0, 0.05) is 23.5 Å². The molecule has 0 saturated heterocycles. The smallest absolute Gasteiger partial charge is 0.384 e. The van der Waals surface area contributed by atoms with E-state index in [0.29, 0.717) is 16.9 Å². The molecule has 0 aliphatic heterocycles.